The molecule has 3 rings (SSSR count). The van der Waals surface area contributed by atoms with E-state index in [1.807, 2.05) is 6.92 Å². The Morgan fingerprint density at radius 2 is 1.82 bits per heavy atom. The lowest BCUT2D eigenvalue weighted by Gasteiger charge is -2.34. The first kappa shape index (κ1) is 24.9. The van der Waals surface area contributed by atoms with Gasteiger partial charge in [0.25, 0.3) is 10.0 Å². The van der Waals surface area contributed by atoms with E-state index in [0.29, 0.717) is 23.7 Å². The van der Waals surface area contributed by atoms with E-state index in [-0.39, 0.29) is 22.6 Å². The van der Waals surface area contributed by atoms with E-state index < -0.39 is 10.0 Å². The van der Waals surface area contributed by atoms with Crippen LogP contribution in [0, 0.1) is 0 Å². The van der Waals surface area contributed by atoms with Crippen LogP contribution in [0.4, 0.5) is 11.4 Å². The molecule has 0 aromatic heterocycles. The molecule has 1 amide bonds. The van der Waals surface area contributed by atoms with Crippen LogP contribution in [0.2, 0.25) is 0 Å². The summed E-state index contributed by atoms with van der Waals surface area (Å²) in [6, 6.07) is 11.1. The van der Waals surface area contributed by atoms with Crippen molar-refractivity contribution in [1.29, 1.82) is 0 Å². The number of methoxy groups -OCH3 is 1. The minimum atomic E-state index is -3.96. The van der Waals surface area contributed by atoms with Crippen LogP contribution in [0.15, 0.2) is 47.4 Å². The van der Waals surface area contributed by atoms with Crippen molar-refractivity contribution in [2.75, 3.05) is 36.8 Å². The third-order valence-electron chi connectivity index (χ3n) is 5.57. The number of carbonyl (C=O) groups excluding carboxylic acids is 1. The molecule has 1 atom stereocenters. The Bertz CT molecular complexity index is 1040. The van der Waals surface area contributed by atoms with Crippen molar-refractivity contribution in [1.82, 2.24) is 4.90 Å². The van der Waals surface area contributed by atoms with Crippen LogP contribution in [0.25, 0.3) is 0 Å². The van der Waals surface area contributed by atoms with Gasteiger partial charge in [-0.2, -0.15) is 0 Å². The van der Waals surface area contributed by atoms with Crippen molar-refractivity contribution in [3.05, 3.63) is 42.5 Å². The number of hydrogen-bond acceptors (Lipinski definition) is 6. The summed E-state index contributed by atoms with van der Waals surface area (Å²) in [4.78, 5) is 15.1. The molecule has 0 bridgehead atoms. The summed E-state index contributed by atoms with van der Waals surface area (Å²) in [6.45, 7) is 6.27. The van der Waals surface area contributed by atoms with Gasteiger partial charge in [-0.15, -0.1) is 0 Å². The number of nitrogens with zero attached hydrogens (tertiary/aromatic N) is 1. The number of ether oxygens (including phenoxy) is 2. The number of anilines is 2. The molecular formula is C24H33N3O5S. The maximum atomic E-state index is 13.1. The molecule has 2 N–H and O–H groups in total. The molecule has 8 nitrogen and oxygen atoms in total. The summed E-state index contributed by atoms with van der Waals surface area (Å²) >= 11 is 0. The summed E-state index contributed by atoms with van der Waals surface area (Å²) in [5, 5.41) is 2.90. The number of benzene rings is 2. The van der Waals surface area contributed by atoms with Gasteiger partial charge in [0.05, 0.1) is 19.8 Å². The molecule has 1 fully saturated rings. The first-order valence-corrected chi connectivity index (χ1v) is 12.8. The first-order chi connectivity index (χ1) is 15.9. The van der Waals surface area contributed by atoms with E-state index >= 15 is 0 Å². The first-order valence-electron chi connectivity index (χ1n) is 11.4. The second-order valence-electron chi connectivity index (χ2n) is 7.97. The molecule has 0 aliphatic carbocycles. The van der Waals surface area contributed by atoms with Crippen molar-refractivity contribution < 1.29 is 22.7 Å². The summed E-state index contributed by atoms with van der Waals surface area (Å²) in [5.74, 6) is 0.732. The van der Waals surface area contributed by atoms with Crippen molar-refractivity contribution in [3.63, 3.8) is 0 Å². The van der Waals surface area contributed by atoms with Crippen LogP contribution in [0.1, 0.15) is 39.5 Å². The fraction of sp³-hybridized carbons (Fsp3) is 0.458. The Labute approximate surface area is 196 Å². The number of likely N-dealkylation sites (tertiary alicyclic amines) is 1. The van der Waals surface area contributed by atoms with Crippen LogP contribution in [-0.2, 0) is 14.8 Å². The van der Waals surface area contributed by atoms with Crippen molar-refractivity contribution in [2.24, 2.45) is 0 Å². The van der Waals surface area contributed by atoms with Crippen molar-refractivity contribution >= 4 is 27.3 Å². The summed E-state index contributed by atoms with van der Waals surface area (Å²) < 4.78 is 39.5. The average Bonchev–Trinajstić information content (AvgIpc) is 2.81. The van der Waals surface area contributed by atoms with Crippen LogP contribution in [-0.4, -0.2) is 52.1 Å². The van der Waals surface area contributed by atoms with Crippen LogP contribution in [0.5, 0.6) is 11.5 Å². The topological polar surface area (TPSA) is 97.0 Å². The van der Waals surface area contributed by atoms with Crippen LogP contribution >= 0.6 is 0 Å². The largest absolute Gasteiger partial charge is 0.495 e. The van der Waals surface area contributed by atoms with E-state index in [1.54, 1.807) is 36.4 Å². The quantitative estimate of drug-likeness (QED) is 0.537. The second kappa shape index (κ2) is 11.4. The molecule has 1 heterocycles. The molecule has 2 aromatic carbocycles. The highest BCUT2D eigenvalue weighted by Gasteiger charge is 2.28. The lowest BCUT2D eigenvalue weighted by atomic mass is 10.0. The van der Waals surface area contributed by atoms with E-state index in [2.05, 4.69) is 21.9 Å². The zero-order valence-corrected chi connectivity index (χ0v) is 20.3. The van der Waals surface area contributed by atoms with Gasteiger partial charge >= 0.3 is 0 Å². The van der Waals surface area contributed by atoms with Gasteiger partial charge in [-0.05, 0) is 81.7 Å². The van der Waals surface area contributed by atoms with Gasteiger partial charge in [-0.1, -0.05) is 13.3 Å². The van der Waals surface area contributed by atoms with Gasteiger partial charge in [0.2, 0.25) is 5.91 Å². The van der Waals surface area contributed by atoms with Crippen LogP contribution in [0.3, 0.4) is 0 Å². The number of amides is 1. The average molecular weight is 476 g/mol. The zero-order valence-electron chi connectivity index (χ0n) is 19.5. The van der Waals surface area contributed by atoms with Crippen LogP contribution < -0.4 is 19.5 Å². The molecule has 1 aliphatic heterocycles. The number of rotatable bonds is 10. The van der Waals surface area contributed by atoms with Gasteiger partial charge in [0.1, 0.15) is 16.4 Å². The molecule has 9 heteroatoms. The Morgan fingerprint density at radius 3 is 2.48 bits per heavy atom. The second-order valence-corrected chi connectivity index (χ2v) is 9.62. The highest BCUT2D eigenvalue weighted by Crippen LogP contribution is 2.30. The van der Waals surface area contributed by atoms with Gasteiger partial charge in [0, 0.05) is 11.4 Å². The van der Waals surface area contributed by atoms with Crippen molar-refractivity contribution in [2.45, 2.75) is 50.5 Å². The molecule has 1 aliphatic rings. The molecule has 0 saturated carbocycles. The Balaban J connectivity index is 1.80. The lowest BCUT2D eigenvalue weighted by Crippen LogP contribution is -2.47. The van der Waals surface area contributed by atoms with E-state index in [0.717, 1.165) is 38.8 Å². The van der Waals surface area contributed by atoms with Gasteiger partial charge in [-0.3, -0.25) is 14.4 Å². The molecule has 2 aromatic rings. The zero-order chi connectivity index (χ0) is 23.8. The van der Waals surface area contributed by atoms with E-state index in [1.165, 1.54) is 13.2 Å². The van der Waals surface area contributed by atoms with E-state index in [4.69, 9.17) is 9.47 Å². The molecule has 180 valence electrons. The molecule has 0 radical (unpaired) electrons. The summed E-state index contributed by atoms with van der Waals surface area (Å²) in [5.41, 5.74) is 0.808. The minimum Gasteiger partial charge on any atom is -0.495 e. The number of piperidine rings is 1. The number of hydrogen-bond donors (Lipinski definition) is 2. The smallest absolute Gasteiger partial charge is 0.265 e. The molecule has 0 spiro atoms. The predicted octanol–water partition coefficient (Wildman–Crippen LogP) is 4.10. The molecule has 1 unspecified atom stereocenters. The number of nitrogens with one attached hydrogen (secondary N) is 2. The molecular weight excluding hydrogens is 442 g/mol. The summed E-state index contributed by atoms with van der Waals surface area (Å²) in [7, 11) is -2.55. The Hall–Kier alpha value is -2.78. The number of carbonyl (C=O) groups is 1. The van der Waals surface area contributed by atoms with Gasteiger partial charge < -0.3 is 14.8 Å². The summed E-state index contributed by atoms with van der Waals surface area (Å²) in [6.07, 6.45) is 3.87. The normalized spacial score (nSPS) is 16.8. The maximum absolute atomic E-state index is 13.1. The monoisotopic (exact) mass is 475 g/mol. The third-order valence-corrected chi connectivity index (χ3v) is 6.97. The third kappa shape index (κ3) is 6.39. The molecule has 1 saturated heterocycles. The fourth-order valence-electron chi connectivity index (χ4n) is 4.03. The van der Waals surface area contributed by atoms with E-state index in [9.17, 15) is 13.2 Å². The number of sulfonamides is 1. The van der Waals surface area contributed by atoms with Gasteiger partial charge in [-0.25, -0.2) is 8.42 Å². The Morgan fingerprint density at radius 1 is 1.09 bits per heavy atom. The SMILES string of the molecule is CCCN1CCCCC1C(=O)Nc1ccc(OC)c(S(=O)(=O)Nc2ccc(OCC)cc2)c1. The molecule has 33 heavy (non-hydrogen) atoms. The fourth-order valence-corrected chi connectivity index (χ4v) is 5.28. The Kier molecular flexibility index (Phi) is 8.57. The predicted molar refractivity (Wildman–Crippen MR) is 130 cm³/mol. The maximum Gasteiger partial charge on any atom is 0.265 e. The lowest BCUT2D eigenvalue weighted by molar-refractivity contribution is -0.122. The highest BCUT2D eigenvalue weighted by atomic mass is 32.2. The van der Waals surface area contributed by atoms with Crippen molar-refractivity contribution in [3.8, 4) is 11.5 Å². The highest BCUT2D eigenvalue weighted by molar-refractivity contribution is 7.92. The minimum absolute atomic E-state index is 0.0502. The van der Waals surface area contributed by atoms with Gasteiger partial charge in [0.15, 0.2) is 0 Å². The standard InChI is InChI=1S/C24H33N3O5S/c1-4-15-27-16-7-6-8-21(27)24(28)25-19-11-14-22(31-3)23(17-19)33(29,30)26-18-9-12-20(13-10-18)32-5-2/h9-14,17,21,26H,4-8,15-16H2,1-3H3,(H,25,28).